The van der Waals surface area contributed by atoms with Crippen molar-refractivity contribution in [2.45, 2.75) is 51.2 Å². The molecule has 0 radical (unpaired) electrons. The first-order chi connectivity index (χ1) is 12.6. The number of anilines is 1. The fourth-order valence-electron chi connectivity index (χ4n) is 3.75. The lowest BCUT2D eigenvalue weighted by Crippen LogP contribution is -2.37. The molecule has 1 aromatic rings. The van der Waals surface area contributed by atoms with E-state index in [2.05, 4.69) is 6.07 Å². The highest BCUT2D eigenvalue weighted by Gasteiger charge is 2.33. The van der Waals surface area contributed by atoms with Gasteiger partial charge in [-0.15, -0.1) is 0 Å². The molecule has 1 fully saturated rings. The molecule has 26 heavy (non-hydrogen) atoms. The number of hydrogen-bond donors (Lipinski definition) is 0. The average Bonchev–Trinajstić information content (AvgIpc) is 3.44. The molecule has 1 amide bonds. The lowest BCUT2D eigenvalue weighted by molar-refractivity contribution is -0.121. The summed E-state index contributed by atoms with van der Waals surface area (Å²) in [7, 11) is 3.38. The predicted octanol–water partition coefficient (Wildman–Crippen LogP) is 3.01. The summed E-state index contributed by atoms with van der Waals surface area (Å²) >= 11 is 0. The first kappa shape index (κ1) is 17.3. The number of fused-ring (bicyclic) bond motifs is 1. The second-order valence-corrected chi connectivity index (χ2v) is 7.53. The van der Waals surface area contributed by atoms with Gasteiger partial charge >= 0.3 is 0 Å². The van der Waals surface area contributed by atoms with Crippen LogP contribution < -0.4 is 4.90 Å². The van der Waals surface area contributed by atoms with E-state index in [0.29, 0.717) is 18.9 Å². The summed E-state index contributed by atoms with van der Waals surface area (Å²) in [6.45, 7) is 3.31. The number of hydrogen-bond acceptors (Lipinski definition) is 4. The second-order valence-electron chi connectivity index (χ2n) is 7.53. The van der Waals surface area contributed by atoms with E-state index in [1.165, 1.54) is 12.8 Å². The van der Waals surface area contributed by atoms with Gasteiger partial charge in [-0.1, -0.05) is 19.1 Å². The first-order valence-electron chi connectivity index (χ1n) is 9.46. The van der Waals surface area contributed by atoms with Crippen LogP contribution in [-0.4, -0.2) is 42.6 Å². The molecule has 0 N–H and O–H groups in total. The zero-order chi connectivity index (χ0) is 18.3. The van der Waals surface area contributed by atoms with Gasteiger partial charge in [0.05, 0.1) is 25.5 Å². The molecule has 140 valence electrons. The molecular weight excluding hydrogens is 330 g/mol. The Balaban J connectivity index is 1.66. The van der Waals surface area contributed by atoms with E-state index in [-0.39, 0.29) is 17.9 Å². The topological polar surface area (TPSA) is 56.6 Å². The molecular formula is C20H27N3O3. The molecule has 1 aromatic heterocycles. The Hall–Kier alpha value is -2.08. The van der Waals surface area contributed by atoms with E-state index in [1.807, 2.05) is 28.7 Å². The van der Waals surface area contributed by atoms with E-state index in [0.717, 1.165) is 35.8 Å². The van der Waals surface area contributed by atoms with Gasteiger partial charge in [-0.25, -0.2) is 4.68 Å². The van der Waals surface area contributed by atoms with Crippen LogP contribution in [0, 0.1) is 5.92 Å². The van der Waals surface area contributed by atoms with Crippen molar-refractivity contribution in [3.05, 3.63) is 35.2 Å². The maximum absolute atomic E-state index is 13.1. The van der Waals surface area contributed by atoms with Crippen LogP contribution in [-0.2, 0) is 20.8 Å². The van der Waals surface area contributed by atoms with Crippen LogP contribution in [0.4, 0.5) is 5.82 Å². The van der Waals surface area contributed by atoms with Crippen LogP contribution in [0.5, 0.6) is 0 Å². The summed E-state index contributed by atoms with van der Waals surface area (Å²) in [6, 6.07) is 2.12. The van der Waals surface area contributed by atoms with Gasteiger partial charge in [-0.05, 0) is 19.3 Å². The van der Waals surface area contributed by atoms with Gasteiger partial charge in [0.15, 0.2) is 0 Å². The molecule has 1 aliphatic heterocycles. The van der Waals surface area contributed by atoms with Crippen LogP contribution in [0.1, 0.15) is 44.2 Å². The van der Waals surface area contributed by atoms with Gasteiger partial charge < -0.3 is 9.47 Å². The summed E-state index contributed by atoms with van der Waals surface area (Å²) in [5, 5.41) is 4.79. The van der Waals surface area contributed by atoms with Gasteiger partial charge in [-0.3, -0.25) is 9.69 Å². The highest BCUT2D eigenvalue weighted by molar-refractivity contribution is 5.95. The number of ether oxygens (including phenoxy) is 2. The Labute approximate surface area is 154 Å². The largest absolute Gasteiger partial charge is 0.501 e. The molecule has 6 nitrogen and oxygen atoms in total. The molecule has 2 heterocycles. The van der Waals surface area contributed by atoms with Gasteiger partial charge in [0.25, 0.3) is 0 Å². The second kappa shape index (κ2) is 6.91. The number of aryl methyl sites for hydroxylation is 1. The van der Waals surface area contributed by atoms with E-state index in [4.69, 9.17) is 14.6 Å². The Bertz CT molecular complexity index is 760. The van der Waals surface area contributed by atoms with Crippen molar-refractivity contribution in [1.29, 1.82) is 0 Å². The molecule has 6 heteroatoms. The lowest BCUT2D eigenvalue weighted by atomic mass is 10.0. The normalized spacial score (nSPS) is 26.1. The zero-order valence-electron chi connectivity index (χ0n) is 15.8. The number of amides is 1. The smallest absolute Gasteiger partial charge is 0.231 e. The summed E-state index contributed by atoms with van der Waals surface area (Å²) in [4.78, 5) is 15.0. The number of nitrogens with zero attached hydrogens (tertiary/aromatic N) is 3. The van der Waals surface area contributed by atoms with Gasteiger partial charge in [0.1, 0.15) is 11.6 Å². The number of carbonyl (C=O) groups is 1. The minimum Gasteiger partial charge on any atom is -0.501 e. The first-order valence-corrected chi connectivity index (χ1v) is 9.46. The van der Waals surface area contributed by atoms with Crippen molar-refractivity contribution >= 4 is 11.7 Å². The van der Waals surface area contributed by atoms with Crippen LogP contribution in [0.25, 0.3) is 0 Å². The summed E-state index contributed by atoms with van der Waals surface area (Å²) < 4.78 is 13.0. The minimum absolute atomic E-state index is 0.00744. The zero-order valence-corrected chi connectivity index (χ0v) is 15.8. The van der Waals surface area contributed by atoms with Crippen molar-refractivity contribution in [2.24, 2.45) is 5.92 Å². The molecule has 0 spiro atoms. The minimum atomic E-state index is -0.00744. The van der Waals surface area contributed by atoms with Crippen LogP contribution >= 0.6 is 0 Å². The highest BCUT2D eigenvalue weighted by Crippen LogP contribution is 2.41. The third-order valence-electron chi connectivity index (χ3n) is 5.65. The van der Waals surface area contributed by atoms with Crippen molar-refractivity contribution in [3.8, 4) is 0 Å². The van der Waals surface area contributed by atoms with Gasteiger partial charge in [-0.2, -0.15) is 5.10 Å². The van der Waals surface area contributed by atoms with E-state index in [1.54, 1.807) is 14.2 Å². The average molecular weight is 357 g/mol. The number of aromatic nitrogens is 2. The van der Waals surface area contributed by atoms with Gasteiger partial charge in [0.2, 0.25) is 5.91 Å². The highest BCUT2D eigenvalue weighted by atomic mass is 16.5. The molecule has 2 atom stereocenters. The van der Waals surface area contributed by atoms with E-state index < -0.39 is 0 Å². The lowest BCUT2D eigenvalue weighted by Gasteiger charge is -2.27. The summed E-state index contributed by atoms with van der Waals surface area (Å²) in [5.41, 5.74) is 2.16. The fraction of sp³-hybridized carbons (Fsp3) is 0.600. The Kier molecular flexibility index (Phi) is 4.61. The van der Waals surface area contributed by atoms with Crippen LogP contribution in [0.3, 0.4) is 0 Å². The molecule has 1 saturated carbocycles. The molecule has 0 aromatic carbocycles. The fourth-order valence-corrected chi connectivity index (χ4v) is 3.75. The standard InChI is InChI=1S/C20H27N3O3/c1-13-8-9-23-19(11-17(21-23)14-4-5-14)22(20(13)24)12-15-6-7-16(25-2)10-18(15)26-3/h6-7,11,13-14,16H,4-5,8-10,12H2,1-3H3. The molecule has 0 saturated heterocycles. The molecule has 4 rings (SSSR count). The third-order valence-corrected chi connectivity index (χ3v) is 5.65. The molecule has 0 bridgehead atoms. The SMILES string of the molecule is COC1=C(CN2C(=O)C(C)CCn3nc(C4CC4)cc32)C=CC(OC)C1. The Morgan fingerprint density at radius 1 is 1.27 bits per heavy atom. The van der Waals surface area contributed by atoms with Crippen molar-refractivity contribution in [1.82, 2.24) is 9.78 Å². The van der Waals surface area contributed by atoms with Crippen molar-refractivity contribution in [2.75, 3.05) is 25.7 Å². The molecule has 3 aliphatic rings. The predicted molar refractivity (Wildman–Crippen MR) is 98.9 cm³/mol. The van der Waals surface area contributed by atoms with Crippen molar-refractivity contribution < 1.29 is 14.3 Å². The number of methoxy groups -OCH3 is 2. The monoisotopic (exact) mass is 357 g/mol. The summed E-state index contributed by atoms with van der Waals surface area (Å²) in [6.07, 6.45) is 8.04. The third kappa shape index (κ3) is 3.18. The number of rotatable bonds is 5. The quantitative estimate of drug-likeness (QED) is 0.813. The molecule has 2 unspecified atom stereocenters. The van der Waals surface area contributed by atoms with Gasteiger partial charge in [0, 0.05) is 43.6 Å². The number of carbonyl (C=O) groups excluding carboxylic acids is 1. The van der Waals surface area contributed by atoms with E-state index in [9.17, 15) is 4.79 Å². The molecule has 2 aliphatic carbocycles. The summed E-state index contributed by atoms with van der Waals surface area (Å²) in [5.74, 6) is 2.54. The Morgan fingerprint density at radius 2 is 2.08 bits per heavy atom. The van der Waals surface area contributed by atoms with Crippen molar-refractivity contribution in [3.63, 3.8) is 0 Å². The van der Waals surface area contributed by atoms with Crippen LogP contribution in [0.2, 0.25) is 0 Å². The van der Waals surface area contributed by atoms with Crippen LogP contribution in [0.15, 0.2) is 29.6 Å². The maximum Gasteiger partial charge on any atom is 0.231 e. The van der Waals surface area contributed by atoms with E-state index >= 15 is 0 Å². The Morgan fingerprint density at radius 3 is 2.77 bits per heavy atom. The maximum atomic E-state index is 13.1.